The van der Waals surface area contributed by atoms with Crippen LogP contribution in [0.25, 0.3) is 0 Å². The van der Waals surface area contributed by atoms with Gasteiger partial charge in [0.2, 0.25) is 6.73 Å². The number of Topliss-reactive ketones (excluding diaryl/α,β-unsaturated/α-hetero) is 1. The summed E-state index contributed by atoms with van der Waals surface area (Å²) in [5.41, 5.74) is 5.09. The molecule has 0 bridgehead atoms. The number of nitrogens with one attached hydrogen (secondary N) is 1. The molecule has 0 aromatic heterocycles. The maximum Gasteiger partial charge on any atom is 0.227 e. The largest absolute Gasteiger partial charge is 0.504 e. The fourth-order valence-corrected chi connectivity index (χ4v) is 6.15. The molecule has 208 valence electrons. The van der Waals surface area contributed by atoms with Crippen LogP contribution in [0.4, 0.5) is 0 Å². The van der Waals surface area contributed by atoms with Crippen LogP contribution in [0.1, 0.15) is 97.0 Å². The van der Waals surface area contributed by atoms with Crippen molar-refractivity contribution in [2.45, 2.75) is 104 Å². The minimum atomic E-state index is -0.549. The highest BCUT2D eigenvalue weighted by Crippen LogP contribution is 2.41. The summed E-state index contributed by atoms with van der Waals surface area (Å²) in [4.78, 5) is 18.3. The van der Waals surface area contributed by atoms with Crippen molar-refractivity contribution < 1.29 is 24.6 Å². The molecule has 0 amide bonds. The van der Waals surface area contributed by atoms with Gasteiger partial charge in [-0.2, -0.15) is 0 Å². The number of aliphatic hydroxyl groups excluding tert-OH is 1. The number of benzene rings is 1. The highest BCUT2D eigenvalue weighted by Gasteiger charge is 2.33. The van der Waals surface area contributed by atoms with Gasteiger partial charge in [0, 0.05) is 25.5 Å². The molecular formula is C32H47N2O4+. The molecule has 1 saturated carbocycles. The molecule has 2 aliphatic heterocycles. The second-order valence-corrected chi connectivity index (χ2v) is 12.4. The Labute approximate surface area is 228 Å². The number of aliphatic hydroxyl groups is 1. The number of ketones is 1. The highest BCUT2D eigenvalue weighted by atomic mass is 16.5. The molecule has 0 saturated heterocycles. The van der Waals surface area contributed by atoms with Crippen LogP contribution in [-0.2, 0) is 11.2 Å². The number of quaternary nitrogens is 1. The van der Waals surface area contributed by atoms with Gasteiger partial charge in [-0.15, -0.1) is 0 Å². The lowest BCUT2D eigenvalue weighted by Gasteiger charge is -2.23. The Morgan fingerprint density at radius 1 is 1.18 bits per heavy atom. The molecule has 3 N–H and O–H groups in total. The summed E-state index contributed by atoms with van der Waals surface area (Å²) in [5, 5.41) is 20.8. The van der Waals surface area contributed by atoms with Gasteiger partial charge in [0.15, 0.2) is 11.5 Å². The first-order valence-corrected chi connectivity index (χ1v) is 14.7. The molecule has 1 fully saturated rings. The first-order valence-electron chi connectivity index (χ1n) is 14.7. The summed E-state index contributed by atoms with van der Waals surface area (Å²) in [5.74, 6) is 1.27. The third kappa shape index (κ3) is 7.79. The van der Waals surface area contributed by atoms with Gasteiger partial charge in [0.05, 0.1) is 11.7 Å². The molecule has 38 heavy (non-hydrogen) atoms. The van der Waals surface area contributed by atoms with E-state index in [1.165, 1.54) is 41.9 Å². The number of hydrogen-bond donors (Lipinski definition) is 3. The van der Waals surface area contributed by atoms with Crippen molar-refractivity contribution >= 4 is 11.5 Å². The number of aryl methyl sites for hydroxylation is 1. The smallest absolute Gasteiger partial charge is 0.227 e. The van der Waals surface area contributed by atoms with Crippen LogP contribution in [-0.4, -0.2) is 41.1 Å². The Balaban J connectivity index is 1.23. The van der Waals surface area contributed by atoms with Gasteiger partial charge in [-0.3, -0.25) is 14.7 Å². The van der Waals surface area contributed by atoms with E-state index in [-0.39, 0.29) is 18.0 Å². The standard InChI is InChI=1S/C32H46N2O4/c1-23(2)8-12-29-27-14-18-33-28(27)21-34(29)22-38-31-19-24(10-13-30(31)37)9-11-26(36)20-25(35)7-6-17-32(3)15-4-5-16-32/h10,13-14,18-19,23,25,35,37H,4-9,11-12,15-17,20-22H2,1-3H3/p+1. The maximum atomic E-state index is 12.5. The molecular weight excluding hydrogens is 476 g/mol. The third-order valence-corrected chi connectivity index (χ3v) is 8.60. The normalized spacial score (nSPS) is 20.8. The molecule has 0 radical (unpaired) electrons. The summed E-state index contributed by atoms with van der Waals surface area (Å²) in [6.45, 7) is 8.06. The monoisotopic (exact) mass is 523 g/mol. The fraction of sp³-hybridized carbons (Fsp3) is 0.625. The molecule has 6 heteroatoms. The summed E-state index contributed by atoms with van der Waals surface area (Å²) in [6.07, 6.45) is 14.8. The van der Waals surface area contributed by atoms with Crippen LogP contribution in [0.15, 0.2) is 46.7 Å². The number of phenols is 1. The van der Waals surface area contributed by atoms with E-state index in [1.54, 1.807) is 6.07 Å². The highest BCUT2D eigenvalue weighted by molar-refractivity contribution is 6.07. The number of aromatic hydroxyl groups is 1. The second kappa shape index (κ2) is 13.1. The zero-order valence-corrected chi connectivity index (χ0v) is 23.6. The molecule has 3 aliphatic rings. The average molecular weight is 524 g/mol. The Bertz CT molecular complexity index is 1070. The van der Waals surface area contributed by atoms with E-state index >= 15 is 0 Å². The number of carbonyl (C=O) groups excluding carboxylic acids is 1. The Morgan fingerprint density at radius 3 is 2.74 bits per heavy atom. The lowest BCUT2D eigenvalue weighted by Crippen LogP contribution is -3.10. The lowest BCUT2D eigenvalue weighted by atomic mass is 9.83. The van der Waals surface area contributed by atoms with E-state index in [9.17, 15) is 15.0 Å². The van der Waals surface area contributed by atoms with E-state index in [0.717, 1.165) is 43.5 Å². The maximum absolute atomic E-state index is 12.5. The third-order valence-electron chi connectivity index (χ3n) is 8.60. The molecule has 2 heterocycles. The molecule has 1 aromatic carbocycles. The average Bonchev–Trinajstić information content (AvgIpc) is 3.58. The Kier molecular flexibility index (Phi) is 9.83. The van der Waals surface area contributed by atoms with Gasteiger partial charge in [-0.1, -0.05) is 46.1 Å². The van der Waals surface area contributed by atoms with Crippen molar-refractivity contribution in [1.29, 1.82) is 0 Å². The van der Waals surface area contributed by atoms with E-state index in [2.05, 4.69) is 31.8 Å². The quantitative estimate of drug-likeness (QED) is 0.292. The van der Waals surface area contributed by atoms with Crippen molar-refractivity contribution in [2.24, 2.45) is 16.3 Å². The lowest BCUT2D eigenvalue weighted by molar-refractivity contribution is -0.866. The minimum Gasteiger partial charge on any atom is -0.504 e. The first-order chi connectivity index (χ1) is 18.2. The van der Waals surface area contributed by atoms with E-state index in [4.69, 9.17) is 4.74 Å². The molecule has 1 aliphatic carbocycles. The number of nitrogens with zero attached hydrogens (tertiary/aromatic N) is 1. The predicted molar refractivity (Wildman–Crippen MR) is 151 cm³/mol. The van der Waals surface area contributed by atoms with Gasteiger partial charge in [0.25, 0.3) is 0 Å². The molecule has 1 aromatic rings. The summed E-state index contributed by atoms with van der Waals surface area (Å²) < 4.78 is 6.10. The Hall–Kier alpha value is -2.44. The van der Waals surface area contributed by atoms with Gasteiger partial charge < -0.3 is 14.9 Å². The summed E-state index contributed by atoms with van der Waals surface area (Å²) in [6, 6.07) is 5.33. The number of ether oxygens (including phenoxy) is 1. The van der Waals surface area contributed by atoms with Gasteiger partial charge >= 0.3 is 0 Å². The van der Waals surface area contributed by atoms with E-state index < -0.39 is 6.10 Å². The van der Waals surface area contributed by atoms with Crippen molar-refractivity contribution in [3.8, 4) is 11.5 Å². The van der Waals surface area contributed by atoms with Crippen LogP contribution in [0.3, 0.4) is 0 Å². The van der Waals surface area contributed by atoms with Gasteiger partial charge in [-0.05, 0) is 73.6 Å². The van der Waals surface area contributed by atoms with E-state index in [1.807, 2.05) is 18.3 Å². The Morgan fingerprint density at radius 2 is 1.97 bits per heavy atom. The predicted octanol–water partition coefficient (Wildman–Crippen LogP) is 5.29. The van der Waals surface area contributed by atoms with Gasteiger partial charge in [0.1, 0.15) is 23.7 Å². The minimum absolute atomic E-state index is 0.0865. The molecule has 6 nitrogen and oxygen atoms in total. The van der Waals surface area contributed by atoms with Crippen LogP contribution in [0.2, 0.25) is 0 Å². The zero-order chi connectivity index (χ0) is 27.1. The van der Waals surface area contributed by atoms with E-state index in [0.29, 0.717) is 43.1 Å². The number of rotatable bonds is 15. The number of hydrogen-bond acceptors (Lipinski definition) is 5. The number of fused-ring (bicyclic) bond motifs is 1. The molecule has 2 unspecified atom stereocenters. The van der Waals surface area contributed by atoms with Crippen molar-refractivity contribution in [2.75, 3.05) is 13.3 Å². The van der Waals surface area contributed by atoms with Gasteiger partial charge in [-0.25, -0.2) is 0 Å². The van der Waals surface area contributed by atoms with Crippen molar-refractivity contribution in [1.82, 2.24) is 0 Å². The number of allylic oxidation sites excluding steroid dienone is 2. The van der Waals surface area contributed by atoms with Crippen LogP contribution < -0.4 is 9.64 Å². The van der Waals surface area contributed by atoms with Crippen molar-refractivity contribution in [3.63, 3.8) is 0 Å². The SMILES string of the molecule is CC(C)CCC1=C2C=CN=C2C[NH+]1COc1cc(CCC(=O)CC(O)CCCC2(C)CCCC2)ccc1O. The molecule has 2 atom stereocenters. The van der Waals surface area contributed by atoms with Crippen LogP contribution >= 0.6 is 0 Å². The summed E-state index contributed by atoms with van der Waals surface area (Å²) >= 11 is 0. The zero-order valence-electron chi connectivity index (χ0n) is 23.6. The van der Waals surface area contributed by atoms with Crippen LogP contribution in [0, 0.1) is 11.3 Å². The van der Waals surface area contributed by atoms with Crippen molar-refractivity contribution in [3.05, 3.63) is 47.3 Å². The molecule has 4 rings (SSSR count). The molecule has 0 spiro atoms. The number of carbonyl (C=O) groups is 1. The first kappa shape index (κ1) is 28.6. The topological polar surface area (TPSA) is 83.6 Å². The number of aliphatic imine (C=N–C) groups is 1. The second-order valence-electron chi connectivity index (χ2n) is 12.4. The summed E-state index contributed by atoms with van der Waals surface area (Å²) in [7, 11) is 0. The fourth-order valence-electron chi connectivity index (χ4n) is 6.15. The van der Waals surface area contributed by atoms with Crippen LogP contribution in [0.5, 0.6) is 11.5 Å². The number of phenolic OH excluding ortho intramolecular Hbond substituents is 1.